The number of benzene rings is 1. The zero-order valence-corrected chi connectivity index (χ0v) is 13.6. The molecular formula is C15H18BrN3O2. The highest BCUT2D eigenvalue weighted by Gasteiger charge is 2.14. The van der Waals surface area contributed by atoms with Gasteiger partial charge < -0.3 is 15.4 Å². The molecule has 2 rings (SSSR count). The van der Waals surface area contributed by atoms with Crippen LogP contribution in [0.4, 0.5) is 5.82 Å². The van der Waals surface area contributed by atoms with Gasteiger partial charge in [0.05, 0.1) is 6.61 Å². The van der Waals surface area contributed by atoms with Crippen LogP contribution in [-0.4, -0.2) is 37.2 Å². The highest BCUT2D eigenvalue weighted by molar-refractivity contribution is 9.10. The third kappa shape index (κ3) is 3.92. The maximum atomic E-state index is 12.0. The van der Waals surface area contributed by atoms with Crippen LogP contribution in [0.15, 0.2) is 34.9 Å². The Balaban J connectivity index is 2.12. The maximum absolute atomic E-state index is 12.0. The number of carbonyl (C=O) groups excluding carboxylic acids is 1. The predicted molar refractivity (Wildman–Crippen MR) is 87.4 cm³/mol. The molecule has 2 N–H and O–H groups in total. The molecule has 1 amide bonds. The summed E-state index contributed by atoms with van der Waals surface area (Å²) in [7, 11) is 1.60. The Morgan fingerprint density at radius 1 is 1.38 bits per heavy atom. The number of hydrogen-bond donors (Lipinski definition) is 2. The van der Waals surface area contributed by atoms with E-state index in [1.165, 1.54) is 0 Å². The summed E-state index contributed by atoms with van der Waals surface area (Å²) in [5.74, 6) is 0.615. The fraction of sp³-hybridized carbons (Fsp3) is 0.333. The van der Waals surface area contributed by atoms with Crippen molar-refractivity contribution in [3.05, 3.63) is 34.9 Å². The van der Waals surface area contributed by atoms with Gasteiger partial charge in [-0.15, -0.1) is 0 Å². The fourth-order valence-electron chi connectivity index (χ4n) is 1.98. The number of hydrogen-bond acceptors (Lipinski definition) is 4. The molecule has 1 atom stereocenters. The molecule has 5 nitrogen and oxygen atoms in total. The maximum Gasteiger partial charge on any atom is 0.242 e. The van der Waals surface area contributed by atoms with E-state index < -0.39 is 0 Å². The van der Waals surface area contributed by atoms with Gasteiger partial charge in [0, 0.05) is 35.1 Å². The van der Waals surface area contributed by atoms with Crippen molar-refractivity contribution in [2.75, 3.05) is 25.6 Å². The third-order valence-electron chi connectivity index (χ3n) is 3.10. The number of amides is 1. The molecule has 0 aliphatic heterocycles. The van der Waals surface area contributed by atoms with Crippen LogP contribution >= 0.6 is 15.9 Å². The summed E-state index contributed by atoms with van der Waals surface area (Å²) in [6.07, 6.45) is 1.73. The quantitative estimate of drug-likeness (QED) is 0.785. The van der Waals surface area contributed by atoms with E-state index in [-0.39, 0.29) is 11.9 Å². The third-order valence-corrected chi connectivity index (χ3v) is 3.80. The lowest BCUT2D eigenvalue weighted by Crippen LogP contribution is -2.39. The number of carbonyl (C=O) groups is 1. The SMILES string of the molecule is COCCNC(=O)C(C)Nc1nccc2c(Br)cccc12. The predicted octanol–water partition coefficient (Wildman–Crippen LogP) is 2.56. The van der Waals surface area contributed by atoms with Crippen molar-refractivity contribution >= 4 is 38.4 Å². The summed E-state index contributed by atoms with van der Waals surface area (Å²) in [4.78, 5) is 16.3. The second-order valence-electron chi connectivity index (χ2n) is 4.64. The van der Waals surface area contributed by atoms with Crippen LogP contribution < -0.4 is 10.6 Å². The van der Waals surface area contributed by atoms with E-state index in [2.05, 4.69) is 31.5 Å². The van der Waals surface area contributed by atoms with Crippen molar-refractivity contribution in [3.63, 3.8) is 0 Å². The second kappa shape index (κ2) is 7.38. The first-order valence-electron chi connectivity index (χ1n) is 6.70. The summed E-state index contributed by atoms with van der Waals surface area (Å²) in [5.41, 5.74) is 0. The van der Waals surface area contributed by atoms with Crippen molar-refractivity contribution in [1.82, 2.24) is 10.3 Å². The molecule has 1 unspecified atom stereocenters. The highest BCUT2D eigenvalue weighted by Crippen LogP contribution is 2.27. The molecule has 0 saturated carbocycles. The molecule has 1 aromatic heterocycles. The van der Waals surface area contributed by atoms with E-state index >= 15 is 0 Å². The molecule has 0 spiro atoms. The smallest absolute Gasteiger partial charge is 0.242 e. The monoisotopic (exact) mass is 351 g/mol. The van der Waals surface area contributed by atoms with Gasteiger partial charge in [-0.05, 0) is 19.1 Å². The standard InChI is InChI=1S/C15H18BrN3O2/c1-10(15(20)18-8-9-21-2)19-14-12-4-3-5-13(16)11(12)6-7-17-14/h3-7,10H,8-9H2,1-2H3,(H,17,19)(H,18,20). The fourth-order valence-corrected chi connectivity index (χ4v) is 2.48. The molecule has 6 heteroatoms. The van der Waals surface area contributed by atoms with Gasteiger partial charge >= 0.3 is 0 Å². The number of anilines is 1. The number of nitrogens with one attached hydrogen (secondary N) is 2. The molecule has 112 valence electrons. The van der Waals surface area contributed by atoms with Gasteiger partial charge in [-0.1, -0.05) is 28.1 Å². The van der Waals surface area contributed by atoms with E-state index in [9.17, 15) is 4.79 Å². The minimum absolute atomic E-state index is 0.0825. The normalized spacial score (nSPS) is 12.1. The Morgan fingerprint density at radius 3 is 2.95 bits per heavy atom. The minimum atomic E-state index is -0.376. The number of nitrogens with zero attached hydrogens (tertiary/aromatic N) is 1. The zero-order valence-electron chi connectivity index (χ0n) is 12.0. The first kappa shape index (κ1) is 15.7. The molecule has 0 bridgehead atoms. The summed E-state index contributed by atoms with van der Waals surface area (Å²) in [6, 6.07) is 7.47. The lowest BCUT2D eigenvalue weighted by molar-refractivity contribution is -0.121. The van der Waals surface area contributed by atoms with Crippen molar-refractivity contribution in [3.8, 4) is 0 Å². The first-order valence-corrected chi connectivity index (χ1v) is 7.49. The molecule has 0 fully saturated rings. The van der Waals surface area contributed by atoms with E-state index in [0.717, 1.165) is 15.2 Å². The van der Waals surface area contributed by atoms with E-state index in [0.29, 0.717) is 19.0 Å². The van der Waals surface area contributed by atoms with Gasteiger partial charge in [0.1, 0.15) is 11.9 Å². The molecular weight excluding hydrogens is 334 g/mol. The van der Waals surface area contributed by atoms with Crippen molar-refractivity contribution < 1.29 is 9.53 Å². The van der Waals surface area contributed by atoms with Gasteiger partial charge in [0.15, 0.2) is 0 Å². The van der Waals surface area contributed by atoms with Crippen LogP contribution in [0.2, 0.25) is 0 Å². The number of halogens is 1. The molecule has 1 heterocycles. The summed E-state index contributed by atoms with van der Waals surface area (Å²) in [5, 5.41) is 7.99. The Bertz CT molecular complexity index is 633. The number of methoxy groups -OCH3 is 1. The van der Waals surface area contributed by atoms with Gasteiger partial charge in [-0.2, -0.15) is 0 Å². The zero-order chi connectivity index (χ0) is 15.2. The molecule has 21 heavy (non-hydrogen) atoms. The van der Waals surface area contributed by atoms with Crippen molar-refractivity contribution in [1.29, 1.82) is 0 Å². The van der Waals surface area contributed by atoms with E-state index in [1.54, 1.807) is 20.2 Å². The summed E-state index contributed by atoms with van der Waals surface area (Å²) < 4.78 is 5.91. The number of pyridine rings is 1. The molecule has 0 saturated heterocycles. The lowest BCUT2D eigenvalue weighted by atomic mass is 10.1. The number of rotatable bonds is 6. The van der Waals surface area contributed by atoms with Crippen LogP contribution in [0.3, 0.4) is 0 Å². The number of ether oxygens (including phenoxy) is 1. The van der Waals surface area contributed by atoms with E-state index in [4.69, 9.17) is 4.74 Å². The molecule has 0 aliphatic rings. The summed E-state index contributed by atoms with van der Waals surface area (Å²) in [6.45, 7) is 2.80. The molecule has 1 aromatic carbocycles. The van der Waals surface area contributed by atoms with Crippen LogP contribution in [-0.2, 0) is 9.53 Å². The average Bonchev–Trinajstić information content (AvgIpc) is 2.48. The van der Waals surface area contributed by atoms with Gasteiger partial charge in [-0.25, -0.2) is 4.98 Å². The Morgan fingerprint density at radius 2 is 2.19 bits per heavy atom. The number of fused-ring (bicyclic) bond motifs is 1. The Labute approximate surface area is 132 Å². The van der Waals surface area contributed by atoms with E-state index in [1.807, 2.05) is 24.3 Å². The lowest BCUT2D eigenvalue weighted by Gasteiger charge is -2.16. The molecule has 0 aliphatic carbocycles. The van der Waals surface area contributed by atoms with Crippen LogP contribution in [0.25, 0.3) is 10.8 Å². The highest BCUT2D eigenvalue weighted by atomic mass is 79.9. The van der Waals surface area contributed by atoms with Crippen LogP contribution in [0.5, 0.6) is 0 Å². The Kier molecular flexibility index (Phi) is 5.52. The summed E-state index contributed by atoms with van der Waals surface area (Å²) >= 11 is 3.52. The van der Waals surface area contributed by atoms with Gasteiger partial charge in [0.25, 0.3) is 0 Å². The topological polar surface area (TPSA) is 63.2 Å². The van der Waals surface area contributed by atoms with Crippen LogP contribution in [0.1, 0.15) is 6.92 Å². The first-order chi connectivity index (χ1) is 10.1. The van der Waals surface area contributed by atoms with Crippen LogP contribution in [0, 0.1) is 0 Å². The molecule has 0 radical (unpaired) electrons. The number of aromatic nitrogens is 1. The van der Waals surface area contributed by atoms with Crippen molar-refractivity contribution in [2.24, 2.45) is 0 Å². The van der Waals surface area contributed by atoms with Gasteiger partial charge in [-0.3, -0.25) is 4.79 Å². The Hall–Kier alpha value is -1.66. The second-order valence-corrected chi connectivity index (χ2v) is 5.50. The van der Waals surface area contributed by atoms with Crippen molar-refractivity contribution in [2.45, 2.75) is 13.0 Å². The molecule has 2 aromatic rings. The largest absolute Gasteiger partial charge is 0.383 e. The van der Waals surface area contributed by atoms with Gasteiger partial charge in [0.2, 0.25) is 5.91 Å². The minimum Gasteiger partial charge on any atom is -0.383 e. The average molecular weight is 352 g/mol.